The van der Waals surface area contributed by atoms with Crippen molar-refractivity contribution in [2.75, 3.05) is 19.0 Å². The van der Waals surface area contributed by atoms with E-state index >= 15 is 0 Å². The van der Waals surface area contributed by atoms with Gasteiger partial charge in [-0.15, -0.1) is 12.4 Å². The van der Waals surface area contributed by atoms with Crippen molar-refractivity contribution in [2.24, 2.45) is 0 Å². The van der Waals surface area contributed by atoms with Gasteiger partial charge in [-0.25, -0.2) is 14.4 Å². The van der Waals surface area contributed by atoms with Crippen LogP contribution >= 0.6 is 24.0 Å². The van der Waals surface area contributed by atoms with Gasteiger partial charge in [-0.2, -0.15) is 0 Å². The SMILES string of the molecule is COc1cc2c(Nc3cc(O)c(Cl)cc3F)ncnc2cc1OCCc1ccncc1.Cl. The lowest BCUT2D eigenvalue weighted by atomic mass is 10.2. The highest BCUT2D eigenvalue weighted by Gasteiger charge is 2.14. The van der Waals surface area contributed by atoms with E-state index in [2.05, 4.69) is 20.3 Å². The molecular weight excluding hydrogens is 458 g/mol. The van der Waals surface area contributed by atoms with E-state index in [9.17, 15) is 9.50 Å². The maximum Gasteiger partial charge on any atom is 0.163 e. The fourth-order valence-electron chi connectivity index (χ4n) is 3.03. The number of methoxy groups -OCH3 is 1. The number of hydrogen-bond donors (Lipinski definition) is 2. The third-order valence-corrected chi connectivity index (χ3v) is 4.91. The standard InChI is InChI=1S/C22H18ClFN4O3.ClH/c1-30-20-8-14-17(11-21(20)31-7-4-13-2-5-25-6-3-13)26-12-27-22(14)28-18-10-19(29)15(23)9-16(18)24;/h2-3,5-6,8-12,29H,4,7H2,1H3,(H,26,27,28);1H. The zero-order chi connectivity index (χ0) is 21.8. The van der Waals surface area contributed by atoms with Gasteiger partial charge in [0, 0.05) is 36.3 Å². The summed E-state index contributed by atoms with van der Waals surface area (Å²) in [7, 11) is 1.53. The molecule has 32 heavy (non-hydrogen) atoms. The summed E-state index contributed by atoms with van der Waals surface area (Å²) >= 11 is 5.74. The summed E-state index contributed by atoms with van der Waals surface area (Å²) < 4.78 is 25.6. The van der Waals surface area contributed by atoms with Crippen LogP contribution in [-0.2, 0) is 6.42 Å². The lowest BCUT2D eigenvalue weighted by Gasteiger charge is -2.14. The lowest BCUT2D eigenvalue weighted by Crippen LogP contribution is -2.04. The molecule has 2 aromatic heterocycles. The smallest absolute Gasteiger partial charge is 0.163 e. The lowest BCUT2D eigenvalue weighted by molar-refractivity contribution is 0.298. The van der Waals surface area contributed by atoms with Crippen LogP contribution in [0.1, 0.15) is 5.56 Å². The minimum Gasteiger partial charge on any atom is -0.506 e. The highest BCUT2D eigenvalue weighted by molar-refractivity contribution is 6.32. The van der Waals surface area contributed by atoms with Gasteiger partial charge in [0.15, 0.2) is 11.5 Å². The number of ether oxygens (including phenoxy) is 2. The van der Waals surface area contributed by atoms with E-state index in [1.54, 1.807) is 24.5 Å². The maximum atomic E-state index is 14.3. The average Bonchev–Trinajstić information content (AvgIpc) is 2.78. The molecule has 2 heterocycles. The number of anilines is 2. The fourth-order valence-corrected chi connectivity index (χ4v) is 3.18. The number of halogens is 3. The van der Waals surface area contributed by atoms with Gasteiger partial charge in [0.1, 0.15) is 23.7 Å². The zero-order valence-corrected chi connectivity index (χ0v) is 18.5. The molecule has 0 amide bonds. The normalized spacial score (nSPS) is 10.5. The van der Waals surface area contributed by atoms with E-state index in [0.29, 0.717) is 41.2 Å². The Morgan fingerprint density at radius 3 is 2.62 bits per heavy atom. The van der Waals surface area contributed by atoms with E-state index in [-0.39, 0.29) is 28.9 Å². The molecule has 4 rings (SSSR count). The molecule has 0 fully saturated rings. The first-order valence-electron chi connectivity index (χ1n) is 9.34. The van der Waals surface area contributed by atoms with E-state index < -0.39 is 5.82 Å². The molecule has 2 N–H and O–H groups in total. The summed E-state index contributed by atoms with van der Waals surface area (Å²) in [5.41, 5.74) is 1.71. The molecule has 0 aliphatic heterocycles. The third kappa shape index (κ3) is 5.09. The Balaban J connectivity index is 0.00000289. The van der Waals surface area contributed by atoms with Crippen LogP contribution in [-0.4, -0.2) is 33.8 Å². The van der Waals surface area contributed by atoms with Gasteiger partial charge in [0.2, 0.25) is 0 Å². The van der Waals surface area contributed by atoms with Crippen LogP contribution < -0.4 is 14.8 Å². The van der Waals surface area contributed by atoms with Crippen molar-refractivity contribution < 1.29 is 19.0 Å². The second kappa shape index (κ2) is 10.3. The van der Waals surface area contributed by atoms with Crippen molar-refractivity contribution in [3.05, 3.63) is 71.5 Å². The van der Waals surface area contributed by atoms with E-state index in [1.807, 2.05) is 12.1 Å². The Labute approximate surface area is 194 Å². The maximum absolute atomic E-state index is 14.3. The molecule has 0 unspecified atom stereocenters. The van der Waals surface area contributed by atoms with Crippen LogP contribution in [0.2, 0.25) is 5.02 Å². The van der Waals surface area contributed by atoms with Crippen LogP contribution in [0.25, 0.3) is 10.9 Å². The number of hydrogen-bond acceptors (Lipinski definition) is 7. The van der Waals surface area contributed by atoms with Gasteiger partial charge >= 0.3 is 0 Å². The fraction of sp³-hybridized carbons (Fsp3) is 0.136. The molecule has 4 aromatic rings. The number of aromatic nitrogens is 3. The Morgan fingerprint density at radius 1 is 1.09 bits per heavy atom. The molecule has 2 aromatic carbocycles. The molecule has 0 aliphatic carbocycles. The highest BCUT2D eigenvalue weighted by Crippen LogP contribution is 2.36. The molecule has 0 aliphatic rings. The number of aromatic hydroxyl groups is 1. The Morgan fingerprint density at radius 2 is 1.88 bits per heavy atom. The van der Waals surface area contributed by atoms with Crippen molar-refractivity contribution in [2.45, 2.75) is 6.42 Å². The number of nitrogens with one attached hydrogen (secondary N) is 1. The first-order valence-corrected chi connectivity index (χ1v) is 9.72. The number of pyridine rings is 1. The Kier molecular flexibility index (Phi) is 7.50. The van der Waals surface area contributed by atoms with Gasteiger partial charge in [0.05, 0.1) is 29.9 Å². The Bertz CT molecular complexity index is 1230. The summed E-state index contributed by atoms with van der Waals surface area (Å²) in [4.78, 5) is 12.5. The van der Waals surface area contributed by atoms with Crippen LogP contribution in [0.15, 0.2) is 55.1 Å². The molecule has 0 atom stereocenters. The minimum absolute atomic E-state index is 0. The molecular formula is C22H19Cl2FN4O3. The predicted molar refractivity (Wildman–Crippen MR) is 123 cm³/mol. The van der Waals surface area contributed by atoms with E-state index in [1.165, 1.54) is 19.5 Å². The molecule has 0 bridgehead atoms. The van der Waals surface area contributed by atoms with Gasteiger partial charge in [0.25, 0.3) is 0 Å². The monoisotopic (exact) mass is 476 g/mol. The molecule has 0 saturated carbocycles. The predicted octanol–water partition coefficient (Wildman–Crippen LogP) is 5.32. The molecule has 0 radical (unpaired) electrons. The molecule has 166 valence electrons. The second-order valence-corrected chi connectivity index (χ2v) is 7.01. The number of rotatable bonds is 7. The van der Waals surface area contributed by atoms with Crippen LogP contribution in [0.5, 0.6) is 17.2 Å². The number of benzene rings is 2. The van der Waals surface area contributed by atoms with Crippen molar-refractivity contribution in [1.29, 1.82) is 0 Å². The van der Waals surface area contributed by atoms with Crippen LogP contribution in [0.3, 0.4) is 0 Å². The topological polar surface area (TPSA) is 89.4 Å². The quantitative estimate of drug-likeness (QED) is 0.373. The summed E-state index contributed by atoms with van der Waals surface area (Å²) in [6.45, 7) is 0.442. The zero-order valence-electron chi connectivity index (χ0n) is 16.9. The van der Waals surface area contributed by atoms with Gasteiger partial charge < -0.3 is 19.9 Å². The van der Waals surface area contributed by atoms with Crippen molar-refractivity contribution >= 4 is 46.4 Å². The summed E-state index contributed by atoms with van der Waals surface area (Å²) in [5.74, 6) is 0.486. The molecule has 10 heteroatoms. The van der Waals surface area contributed by atoms with Gasteiger partial charge in [-0.3, -0.25) is 4.98 Å². The highest BCUT2D eigenvalue weighted by atomic mass is 35.5. The first-order chi connectivity index (χ1) is 15.0. The number of phenolic OH excluding ortho intramolecular Hbond substituents is 1. The average molecular weight is 477 g/mol. The van der Waals surface area contributed by atoms with Crippen molar-refractivity contribution in [3.63, 3.8) is 0 Å². The minimum atomic E-state index is -0.627. The third-order valence-electron chi connectivity index (χ3n) is 4.61. The summed E-state index contributed by atoms with van der Waals surface area (Å²) in [6, 6.07) is 9.54. The Hall–Kier alpha value is -3.36. The largest absolute Gasteiger partial charge is 0.506 e. The molecule has 0 saturated heterocycles. The number of phenols is 1. The summed E-state index contributed by atoms with van der Waals surface area (Å²) in [6.07, 6.45) is 5.53. The van der Waals surface area contributed by atoms with Gasteiger partial charge in [-0.1, -0.05) is 11.6 Å². The van der Waals surface area contributed by atoms with E-state index in [0.717, 1.165) is 11.6 Å². The number of fused-ring (bicyclic) bond motifs is 1. The van der Waals surface area contributed by atoms with E-state index in [4.69, 9.17) is 21.1 Å². The van der Waals surface area contributed by atoms with Crippen LogP contribution in [0, 0.1) is 5.82 Å². The summed E-state index contributed by atoms with van der Waals surface area (Å²) in [5, 5.41) is 13.2. The van der Waals surface area contributed by atoms with Crippen molar-refractivity contribution in [1.82, 2.24) is 15.0 Å². The van der Waals surface area contributed by atoms with Gasteiger partial charge in [-0.05, 0) is 29.8 Å². The first kappa shape index (κ1) is 23.3. The van der Waals surface area contributed by atoms with Crippen molar-refractivity contribution in [3.8, 4) is 17.2 Å². The van der Waals surface area contributed by atoms with Crippen LogP contribution in [0.4, 0.5) is 15.9 Å². The molecule has 0 spiro atoms. The second-order valence-electron chi connectivity index (χ2n) is 6.60. The molecule has 7 nitrogen and oxygen atoms in total. The number of nitrogens with zero attached hydrogens (tertiary/aromatic N) is 3.